The van der Waals surface area contributed by atoms with Crippen LogP contribution in [0, 0.1) is 0 Å². The minimum absolute atomic E-state index is 0.0777. The van der Waals surface area contributed by atoms with Crippen LogP contribution < -0.4 is 4.90 Å². The van der Waals surface area contributed by atoms with Crippen LogP contribution in [-0.4, -0.2) is 42.8 Å². The fraction of sp³-hybridized carbons (Fsp3) is 0.294. The summed E-state index contributed by atoms with van der Waals surface area (Å²) >= 11 is 4.93. The molecule has 0 aliphatic carbocycles. The smallest absolute Gasteiger partial charge is 0.254 e. The molecule has 120 valence electrons. The van der Waals surface area contributed by atoms with Crippen LogP contribution in [0.5, 0.6) is 0 Å². The molecule has 1 aromatic heterocycles. The predicted molar refractivity (Wildman–Crippen MR) is 96.6 cm³/mol. The maximum absolute atomic E-state index is 12.4. The summed E-state index contributed by atoms with van der Waals surface area (Å²) in [5.41, 5.74) is 2.58. The Morgan fingerprint density at radius 2 is 1.70 bits per heavy atom. The molecule has 1 saturated heterocycles. The Morgan fingerprint density at radius 3 is 2.22 bits per heavy atom. The van der Waals surface area contributed by atoms with E-state index in [4.69, 9.17) is 0 Å². The van der Waals surface area contributed by atoms with E-state index in [-0.39, 0.29) is 11.7 Å². The first-order chi connectivity index (χ1) is 11.0. The van der Waals surface area contributed by atoms with E-state index in [9.17, 15) is 9.59 Å². The van der Waals surface area contributed by atoms with E-state index >= 15 is 0 Å². The molecule has 2 aromatic rings. The zero-order chi connectivity index (χ0) is 16.4. The first kappa shape index (κ1) is 16.2. The van der Waals surface area contributed by atoms with Crippen molar-refractivity contribution in [3.63, 3.8) is 0 Å². The number of hydrogen-bond acceptors (Lipinski definition) is 4. The summed E-state index contributed by atoms with van der Waals surface area (Å²) in [4.78, 5) is 27.9. The fourth-order valence-corrected chi connectivity index (χ4v) is 3.81. The molecular formula is C17H17BrN2O2S. The van der Waals surface area contributed by atoms with Crippen molar-refractivity contribution >= 4 is 44.6 Å². The van der Waals surface area contributed by atoms with Gasteiger partial charge in [0.05, 0.1) is 9.35 Å². The van der Waals surface area contributed by atoms with E-state index in [1.54, 1.807) is 6.92 Å². The van der Waals surface area contributed by atoms with Gasteiger partial charge in [-0.25, -0.2) is 0 Å². The lowest BCUT2D eigenvalue weighted by molar-refractivity contribution is 0.0747. The van der Waals surface area contributed by atoms with E-state index in [0.29, 0.717) is 13.1 Å². The van der Waals surface area contributed by atoms with Gasteiger partial charge in [-0.05, 0) is 53.2 Å². The number of halogens is 1. The van der Waals surface area contributed by atoms with Crippen LogP contribution in [-0.2, 0) is 0 Å². The van der Waals surface area contributed by atoms with Gasteiger partial charge in [0, 0.05) is 42.8 Å². The second-order valence-corrected chi connectivity index (χ2v) is 7.81. The molecule has 1 fully saturated rings. The third kappa shape index (κ3) is 3.64. The van der Waals surface area contributed by atoms with Gasteiger partial charge in [-0.3, -0.25) is 9.59 Å². The van der Waals surface area contributed by atoms with Gasteiger partial charge in [-0.2, -0.15) is 0 Å². The number of ketones is 1. The molecule has 6 heteroatoms. The second-order valence-electron chi connectivity index (χ2n) is 5.52. The monoisotopic (exact) mass is 392 g/mol. The quantitative estimate of drug-likeness (QED) is 0.748. The van der Waals surface area contributed by atoms with Gasteiger partial charge in [-0.15, -0.1) is 11.3 Å². The van der Waals surface area contributed by atoms with Crippen molar-refractivity contribution in [1.82, 2.24) is 4.90 Å². The highest BCUT2D eigenvalue weighted by Gasteiger charge is 2.23. The summed E-state index contributed by atoms with van der Waals surface area (Å²) in [6, 6.07) is 9.55. The zero-order valence-electron chi connectivity index (χ0n) is 12.8. The standard InChI is InChI=1S/C17H17BrN2O2S/c1-12(21)13-2-4-15(5-3-13)19-6-8-20(9-7-19)17(22)14-10-16(18)23-11-14/h2-5,10-11H,6-9H2,1H3. The largest absolute Gasteiger partial charge is 0.368 e. The molecule has 23 heavy (non-hydrogen) atoms. The van der Waals surface area contributed by atoms with Gasteiger partial charge in [0.1, 0.15) is 0 Å². The van der Waals surface area contributed by atoms with Crippen LogP contribution in [0.1, 0.15) is 27.6 Å². The van der Waals surface area contributed by atoms with Crippen LogP contribution in [0.2, 0.25) is 0 Å². The Labute approximate surface area is 147 Å². The number of benzene rings is 1. The third-order valence-corrected chi connectivity index (χ3v) is 5.52. The van der Waals surface area contributed by atoms with Gasteiger partial charge in [0.25, 0.3) is 5.91 Å². The molecule has 1 aliphatic rings. The van der Waals surface area contributed by atoms with Crippen molar-refractivity contribution in [3.8, 4) is 0 Å². The van der Waals surface area contributed by atoms with E-state index < -0.39 is 0 Å². The number of piperazine rings is 1. The van der Waals surface area contributed by atoms with Gasteiger partial charge in [0.15, 0.2) is 5.78 Å². The van der Waals surface area contributed by atoms with Gasteiger partial charge in [0.2, 0.25) is 0 Å². The van der Waals surface area contributed by atoms with Gasteiger partial charge >= 0.3 is 0 Å². The number of anilines is 1. The number of nitrogens with zero attached hydrogens (tertiary/aromatic N) is 2. The Balaban J connectivity index is 1.61. The Morgan fingerprint density at radius 1 is 1.04 bits per heavy atom. The summed E-state index contributed by atoms with van der Waals surface area (Å²) in [6.45, 7) is 4.59. The number of thiophene rings is 1. The summed E-state index contributed by atoms with van der Waals surface area (Å²) in [6.07, 6.45) is 0. The Kier molecular flexibility index (Phi) is 4.82. The summed E-state index contributed by atoms with van der Waals surface area (Å²) in [5.74, 6) is 0.174. The van der Waals surface area contributed by atoms with E-state index in [2.05, 4.69) is 20.8 Å². The lowest BCUT2D eigenvalue weighted by atomic mass is 10.1. The molecule has 1 amide bonds. The predicted octanol–water partition coefficient (Wildman–Crippen LogP) is 3.68. The molecule has 0 unspecified atom stereocenters. The number of hydrogen-bond donors (Lipinski definition) is 0. The number of Topliss-reactive ketones (excluding diaryl/α,β-unsaturated/α-hetero) is 1. The molecule has 0 atom stereocenters. The van der Waals surface area contributed by atoms with Crippen molar-refractivity contribution in [1.29, 1.82) is 0 Å². The molecule has 3 rings (SSSR count). The highest BCUT2D eigenvalue weighted by Crippen LogP contribution is 2.23. The Hall–Kier alpha value is -1.66. The molecule has 0 N–H and O–H groups in total. The van der Waals surface area contributed by atoms with Crippen LogP contribution in [0.15, 0.2) is 39.5 Å². The van der Waals surface area contributed by atoms with Crippen LogP contribution in [0.25, 0.3) is 0 Å². The van der Waals surface area contributed by atoms with Crippen LogP contribution in [0.3, 0.4) is 0 Å². The number of amides is 1. The lowest BCUT2D eigenvalue weighted by Gasteiger charge is -2.36. The van der Waals surface area contributed by atoms with E-state index in [1.807, 2.05) is 40.6 Å². The van der Waals surface area contributed by atoms with E-state index in [1.165, 1.54) is 11.3 Å². The fourth-order valence-electron chi connectivity index (χ4n) is 2.68. The maximum Gasteiger partial charge on any atom is 0.254 e. The normalized spacial score (nSPS) is 14.9. The minimum atomic E-state index is 0.0777. The van der Waals surface area contributed by atoms with Crippen LogP contribution in [0.4, 0.5) is 5.69 Å². The highest BCUT2D eigenvalue weighted by molar-refractivity contribution is 9.11. The highest BCUT2D eigenvalue weighted by atomic mass is 79.9. The minimum Gasteiger partial charge on any atom is -0.368 e. The first-order valence-electron chi connectivity index (χ1n) is 7.44. The SMILES string of the molecule is CC(=O)c1ccc(N2CCN(C(=O)c3csc(Br)c3)CC2)cc1. The molecule has 0 radical (unpaired) electrons. The third-order valence-electron chi connectivity index (χ3n) is 4.02. The summed E-state index contributed by atoms with van der Waals surface area (Å²) in [5, 5.41) is 1.89. The number of rotatable bonds is 3. The Bertz CT molecular complexity index is 718. The summed E-state index contributed by atoms with van der Waals surface area (Å²) < 4.78 is 0.977. The molecule has 0 saturated carbocycles. The van der Waals surface area contributed by atoms with Gasteiger partial charge in [-0.1, -0.05) is 0 Å². The molecule has 0 spiro atoms. The van der Waals surface area contributed by atoms with Crippen molar-refractivity contribution in [2.45, 2.75) is 6.92 Å². The lowest BCUT2D eigenvalue weighted by Crippen LogP contribution is -2.48. The van der Waals surface area contributed by atoms with Crippen molar-refractivity contribution in [2.75, 3.05) is 31.1 Å². The molecule has 4 nitrogen and oxygen atoms in total. The first-order valence-corrected chi connectivity index (χ1v) is 9.11. The second kappa shape index (κ2) is 6.84. The maximum atomic E-state index is 12.4. The number of carbonyl (C=O) groups excluding carboxylic acids is 2. The molecule has 1 aromatic carbocycles. The molecule has 1 aliphatic heterocycles. The average Bonchev–Trinajstić information content (AvgIpc) is 3.01. The van der Waals surface area contributed by atoms with Crippen LogP contribution >= 0.6 is 27.3 Å². The van der Waals surface area contributed by atoms with Crippen molar-refractivity contribution in [2.24, 2.45) is 0 Å². The van der Waals surface area contributed by atoms with Gasteiger partial charge < -0.3 is 9.80 Å². The average molecular weight is 393 g/mol. The van der Waals surface area contributed by atoms with Crippen molar-refractivity contribution < 1.29 is 9.59 Å². The zero-order valence-corrected chi connectivity index (χ0v) is 15.2. The molecular weight excluding hydrogens is 376 g/mol. The number of carbonyl (C=O) groups is 2. The topological polar surface area (TPSA) is 40.6 Å². The van der Waals surface area contributed by atoms with Crippen molar-refractivity contribution in [3.05, 3.63) is 50.6 Å². The molecule has 2 heterocycles. The summed E-state index contributed by atoms with van der Waals surface area (Å²) in [7, 11) is 0. The van der Waals surface area contributed by atoms with E-state index in [0.717, 1.165) is 33.7 Å². The molecule has 0 bridgehead atoms.